The monoisotopic (exact) mass is 1170 g/mol. The Morgan fingerprint density at radius 1 is 0.487 bits per heavy atom. The first-order valence-electron chi connectivity index (χ1n) is 28.2. The number of hydrogen-bond acceptors (Lipinski definition) is 15. The predicted octanol–water partition coefficient (Wildman–Crippen LogP) is 4.75. The zero-order valence-corrected chi connectivity index (χ0v) is 49.4. The summed E-state index contributed by atoms with van der Waals surface area (Å²) in [5, 5.41) is 30.2. The lowest BCUT2D eigenvalue weighted by Crippen LogP contribution is -2.48. The molecule has 0 bridgehead atoms. The molecule has 3 aromatic rings. The number of sulfonamides is 3. The normalized spacial score (nSPS) is 21.7. The molecule has 3 aliphatic heterocycles. The maximum absolute atomic E-state index is 13.1. The fourth-order valence-corrected chi connectivity index (χ4v) is 13.4. The van der Waals surface area contributed by atoms with Crippen LogP contribution in [-0.2, 0) is 30.1 Å². The van der Waals surface area contributed by atoms with E-state index in [2.05, 4.69) is 31.9 Å². The van der Waals surface area contributed by atoms with Gasteiger partial charge in [0.1, 0.15) is 17.2 Å². The van der Waals surface area contributed by atoms with Gasteiger partial charge >= 0.3 is 0 Å². The van der Waals surface area contributed by atoms with E-state index in [0.717, 1.165) is 81.7 Å². The van der Waals surface area contributed by atoms with E-state index in [1.807, 2.05) is 0 Å². The fraction of sp³-hybridized carbons (Fsp3) is 0.625. The van der Waals surface area contributed by atoms with Gasteiger partial charge in [0.25, 0.3) is 17.7 Å². The molecule has 9 rings (SSSR count). The molecule has 0 spiro atoms. The van der Waals surface area contributed by atoms with Crippen molar-refractivity contribution in [3.05, 3.63) is 71.3 Å². The molecule has 3 amide bonds. The number of carbonyl (C=O) groups excluding carboxylic acids is 3. The number of benzene rings is 3. The Labute approximate surface area is 473 Å². The summed E-state index contributed by atoms with van der Waals surface area (Å²) in [5.41, 5.74) is 0.632. The Morgan fingerprint density at radius 2 is 0.800 bits per heavy atom. The Hall–Kier alpha value is -4.92. The maximum atomic E-state index is 13.1. The molecule has 3 saturated carbocycles. The van der Waals surface area contributed by atoms with Gasteiger partial charge in [-0.05, 0) is 150 Å². The third-order valence-corrected chi connectivity index (χ3v) is 19.9. The molecule has 3 saturated heterocycles. The van der Waals surface area contributed by atoms with Crippen molar-refractivity contribution < 1.29 is 53.8 Å². The van der Waals surface area contributed by atoms with Crippen molar-refractivity contribution in [2.45, 2.75) is 167 Å². The van der Waals surface area contributed by atoms with Crippen LogP contribution >= 0.6 is 0 Å². The molecule has 10 N–H and O–H groups in total. The van der Waals surface area contributed by atoms with Crippen LogP contribution in [0.4, 0.5) is 0 Å². The molecule has 3 heterocycles. The van der Waals surface area contributed by atoms with Gasteiger partial charge in [0.2, 0.25) is 30.1 Å². The van der Waals surface area contributed by atoms with Crippen molar-refractivity contribution >= 4 is 47.8 Å². The number of nitrogens with one attached hydrogen (secondary N) is 6. The summed E-state index contributed by atoms with van der Waals surface area (Å²) in [6, 6.07) is 13.5. The van der Waals surface area contributed by atoms with E-state index in [4.69, 9.17) is 24.5 Å². The summed E-state index contributed by atoms with van der Waals surface area (Å²) >= 11 is 0. The van der Waals surface area contributed by atoms with Gasteiger partial charge in [0.05, 0.1) is 52.7 Å². The third-order valence-electron chi connectivity index (χ3n) is 16.3. The van der Waals surface area contributed by atoms with Crippen molar-refractivity contribution in [3.63, 3.8) is 0 Å². The Morgan fingerprint density at radius 3 is 1.07 bits per heavy atom. The van der Waals surface area contributed by atoms with E-state index >= 15 is 0 Å². The highest BCUT2D eigenvalue weighted by molar-refractivity contribution is 7.89. The molecule has 3 aliphatic carbocycles. The molecule has 3 aromatic carbocycles. The molecule has 6 aliphatic rings. The largest absolute Gasteiger partial charge is 0.496 e. The molecule has 6 atom stereocenters. The minimum absolute atomic E-state index is 0.0148. The van der Waals surface area contributed by atoms with E-state index in [0.29, 0.717) is 35.0 Å². The molecule has 80 heavy (non-hydrogen) atoms. The zero-order chi connectivity index (χ0) is 57.8. The van der Waals surface area contributed by atoms with Crippen LogP contribution in [0.15, 0.2) is 69.3 Å². The first-order chi connectivity index (χ1) is 38.1. The molecule has 24 heteroatoms. The highest BCUT2D eigenvalue weighted by Crippen LogP contribution is 2.37. The standard InChI is InChI=1S/C20H31N3O4S.C19H29N3O4S.C17H25N3O4S/c1-27-19-10-9-15(28(21,25)26)13-16(19)20(24)23-18(17-8-5-11-22-17)12-14-6-3-2-4-7-14;1-22(2)27(24,25)14-8-9-18(26-3)15(12-14)19(23)21-17(11-13-6-7-13)16-5-4-10-20-16;1-24-16-7-6-12(25(18,22)23)10-13(16)17(21)20-15(9-11-4-5-11)14-3-2-8-19-14/h9-10,13-14,17-18,22H,2-8,11-12H2,1H3,(H,23,24)(H2,21,25,26);8-9,12-13,16-17,20H,4-7,10-11H2,1-3H3,(H,21,23);6-7,10-11,14-15,19H,2-5,8-9H2,1H3,(H,20,21)(H2,18,22,23). The van der Waals surface area contributed by atoms with Crippen molar-refractivity contribution in [1.29, 1.82) is 0 Å². The zero-order valence-electron chi connectivity index (χ0n) is 47.0. The molecule has 6 unspecified atom stereocenters. The number of ether oxygens (including phenoxy) is 3. The van der Waals surface area contributed by atoms with Gasteiger partial charge in [-0.2, -0.15) is 0 Å². The van der Waals surface area contributed by atoms with Gasteiger partial charge in [-0.15, -0.1) is 0 Å². The second-order valence-electron chi connectivity index (χ2n) is 22.4. The smallest absolute Gasteiger partial charge is 0.255 e. The van der Waals surface area contributed by atoms with Crippen LogP contribution in [0.1, 0.15) is 147 Å². The number of primary sulfonamides is 2. The summed E-state index contributed by atoms with van der Waals surface area (Å²) in [4.78, 5) is 38.8. The lowest BCUT2D eigenvalue weighted by molar-refractivity contribution is 0.0908. The molecular formula is C56H85N9O12S3. The van der Waals surface area contributed by atoms with E-state index in [-0.39, 0.29) is 85.3 Å². The van der Waals surface area contributed by atoms with Gasteiger partial charge in [0, 0.05) is 50.3 Å². The summed E-state index contributed by atoms with van der Waals surface area (Å²) in [6.07, 6.45) is 20.4. The second-order valence-corrected chi connectivity index (χ2v) is 27.7. The molecule has 0 radical (unpaired) electrons. The molecule has 6 fully saturated rings. The van der Waals surface area contributed by atoms with Crippen LogP contribution in [0.5, 0.6) is 17.2 Å². The van der Waals surface area contributed by atoms with E-state index in [1.54, 1.807) is 0 Å². The Kier molecular flexibility index (Phi) is 22.2. The number of nitrogens with zero attached hydrogens (tertiary/aromatic N) is 1. The minimum Gasteiger partial charge on any atom is -0.496 e. The predicted molar refractivity (Wildman–Crippen MR) is 305 cm³/mol. The van der Waals surface area contributed by atoms with Crippen LogP contribution in [0.2, 0.25) is 0 Å². The van der Waals surface area contributed by atoms with Gasteiger partial charge in [0.15, 0.2) is 0 Å². The number of carbonyl (C=O) groups is 3. The topological polar surface area (TPSA) is 309 Å². The average molecular weight is 1170 g/mol. The molecule has 0 aromatic heterocycles. The molecule has 21 nitrogen and oxygen atoms in total. The van der Waals surface area contributed by atoms with Gasteiger partial charge < -0.3 is 46.1 Å². The lowest BCUT2D eigenvalue weighted by Gasteiger charge is -2.31. The SMILES string of the molecule is COc1ccc(S(=O)(=O)N(C)C)cc1C(=O)NC(CC1CC1)C1CCCN1.COc1ccc(S(N)(=O)=O)cc1C(=O)NC(CC1CC1)C1CCCN1.COc1ccc(S(N)(=O)=O)cc1C(=O)NC(CC1CCCCC1)C1CCCN1. The summed E-state index contributed by atoms with van der Waals surface area (Å²) in [7, 11) is -4.09. The van der Waals surface area contributed by atoms with E-state index in [9.17, 15) is 39.6 Å². The second kappa shape index (κ2) is 28.4. The molecule has 444 valence electrons. The molecular weight excluding hydrogens is 1090 g/mol. The number of nitrogens with two attached hydrogens (primary N) is 2. The highest BCUT2D eigenvalue weighted by Gasteiger charge is 2.36. The van der Waals surface area contributed by atoms with Crippen molar-refractivity contribution in [2.24, 2.45) is 28.0 Å². The summed E-state index contributed by atoms with van der Waals surface area (Å²) in [5.74, 6) is 2.06. The summed E-state index contributed by atoms with van der Waals surface area (Å²) < 4.78 is 88.4. The van der Waals surface area contributed by atoms with Gasteiger partial charge in [-0.25, -0.2) is 39.8 Å². The minimum atomic E-state index is -3.90. The van der Waals surface area contributed by atoms with Gasteiger partial charge in [-0.1, -0.05) is 57.8 Å². The van der Waals surface area contributed by atoms with Crippen LogP contribution in [0.3, 0.4) is 0 Å². The van der Waals surface area contributed by atoms with Crippen LogP contribution < -0.4 is 56.4 Å². The Balaban J connectivity index is 0.000000174. The fourth-order valence-electron chi connectivity index (χ4n) is 11.4. The van der Waals surface area contributed by atoms with Crippen molar-refractivity contribution in [3.8, 4) is 17.2 Å². The van der Waals surface area contributed by atoms with Crippen molar-refractivity contribution in [2.75, 3.05) is 55.1 Å². The lowest BCUT2D eigenvalue weighted by atomic mass is 9.83. The number of hydrogen-bond donors (Lipinski definition) is 8. The first kappa shape index (κ1) is 62.7. The number of amides is 3. The van der Waals surface area contributed by atoms with Crippen molar-refractivity contribution in [1.82, 2.24) is 36.2 Å². The first-order valence-corrected chi connectivity index (χ1v) is 32.8. The average Bonchev–Trinajstić information content (AvgIpc) is 4.16. The highest BCUT2D eigenvalue weighted by atomic mass is 32.2. The third kappa shape index (κ3) is 17.6. The quantitative estimate of drug-likeness (QED) is 0.0673. The van der Waals surface area contributed by atoms with Crippen LogP contribution in [0, 0.1) is 17.8 Å². The summed E-state index contributed by atoms with van der Waals surface area (Å²) in [6.45, 7) is 2.90. The van der Waals surface area contributed by atoms with E-state index in [1.165, 1.54) is 148 Å². The van der Waals surface area contributed by atoms with Gasteiger partial charge in [-0.3, -0.25) is 14.4 Å². The number of rotatable bonds is 22. The maximum Gasteiger partial charge on any atom is 0.255 e. The van der Waals surface area contributed by atoms with Crippen LogP contribution in [0.25, 0.3) is 0 Å². The van der Waals surface area contributed by atoms with Crippen LogP contribution in [-0.4, -0.2) is 139 Å². The Bertz CT molecular complexity index is 2930. The number of methoxy groups -OCH3 is 3. The van der Waals surface area contributed by atoms with E-state index < -0.39 is 30.1 Å².